The van der Waals surface area contributed by atoms with Crippen LogP contribution >= 0.6 is 0 Å². The van der Waals surface area contributed by atoms with Crippen LogP contribution < -0.4 is 10.2 Å². The van der Waals surface area contributed by atoms with E-state index in [4.69, 9.17) is 9.15 Å². The molecule has 3 heterocycles. The van der Waals surface area contributed by atoms with Gasteiger partial charge in [0.1, 0.15) is 11.6 Å². The average Bonchev–Trinajstić information content (AvgIpc) is 3.00. The third-order valence-corrected chi connectivity index (χ3v) is 3.56. The van der Waals surface area contributed by atoms with Crippen molar-refractivity contribution in [1.29, 1.82) is 0 Å². The Bertz CT molecular complexity index is 630. The summed E-state index contributed by atoms with van der Waals surface area (Å²) >= 11 is 0. The summed E-state index contributed by atoms with van der Waals surface area (Å²) in [5.41, 5.74) is 0.952. The molecule has 1 aliphatic heterocycles. The van der Waals surface area contributed by atoms with Crippen molar-refractivity contribution < 1.29 is 13.9 Å². The number of carbonyl (C=O) groups is 1. The zero-order valence-corrected chi connectivity index (χ0v) is 12.5. The number of aryl methyl sites for hydroxylation is 1. The molecule has 0 aromatic carbocycles. The molecule has 6 heteroatoms. The standard InChI is InChI=1S/C16H19N3O3/c1-12-2-4-14(22-12)16(20)18-11-13-3-5-15(17-10-13)19-6-8-21-9-7-19/h2-5,10H,6-9,11H2,1H3,(H,18,20). The number of hydrogen-bond donors (Lipinski definition) is 1. The van der Waals surface area contributed by atoms with Gasteiger partial charge in [0.25, 0.3) is 5.91 Å². The van der Waals surface area contributed by atoms with Crippen LogP contribution in [0.25, 0.3) is 0 Å². The Morgan fingerprint density at radius 2 is 2.09 bits per heavy atom. The van der Waals surface area contributed by atoms with Crippen molar-refractivity contribution in [3.63, 3.8) is 0 Å². The number of carbonyl (C=O) groups excluding carboxylic acids is 1. The summed E-state index contributed by atoms with van der Waals surface area (Å²) in [6, 6.07) is 7.40. The number of furan rings is 1. The average molecular weight is 301 g/mol. The highest BCUT2D eigenvalue weighted by Gasteiger charge is 2.12. The summed E-state index contributed by atoms with van der Waals surface area (Å²) in [5, 5.41) is 2.82. The Kier molecular flexibility index (Phi) is 4.39. The van der Waals surface area contributed by atoms with Gasteiger partial charge < -0.3 is 19.4 Å². The highest BCUT2D eigenvalue weighted by Crippen LogP contribution is 2.13. The highest BCUT2D eigenvalue weighted by atomic mass is 16.5. The maximum Gasteiger partial charge on any atom is 0.287 e. The number of aromatic nitrogens is 1. The van der Waals surface area contributed by atoms with E-state index in [2.05, 4.69) is 15.2 Å². The van der Waals surface area contributed by atoms with Gasteiger partial charge in [-0.05, 0) is 30.7 Å². The third-order valence-electron chi connectivity index (χ3n) is 3.56. The predicted octanol–water partition coefficient (Wildman–Crippen LogP) is 1.75. The Balaban J connectivity index is 1.55. The molecule has 6 nitrogen and oxygen atoms in total. The van der Waals surface area contributed by atoms with Crippen molar-refractivity contribution >= 4 is 11.7 Å². The zero-order valence-electron chi connectivity index (χ0n) is 12.5. The van der Waals surface area contributed by atoms with E-state index in [1.165, 1.54) is 0 Å². The molecule has 1 N–H and O–H groups in total. The first-order chi connectivity index (χ1) is 10.7. The van der Waals surface area contributed by atoms with Gasteiger partial charge in [-0.3, -0.25) is 4.79 Å². The molecule has 0 bridgehead atoms. The normalized spacial score (nSPS) is 14.9. The molecule has 1 aliphatic rings. The molecule has 1 amide bonds. The van der Waals surface area contributed by atoms with Crippen LogP contribution in [-0.4, -0.2) is 37.2 Å². The van der Waals surface area contributed by atoms with E-state index in [0.717, 1.165) is 43.4 Å². The maximum absolute atomic E-state index is 11.9. The summed E-state index contributed by atoms with van der Waals surface area (Å²) in [6.07, 6.45) is 1.79. The Labute approximate surface area is 129 Å². The van der Waals surface area contributed by atoms with E-state index in [9.17, 15) is 4.79 Å². The molecule has 0 radical (unpaired) electrons. The van der Waals surface area contributed by atoms with Crippen molar-refractivity contribution in [2.75, 3.05) is 31.2 Å². The molecular formula is C16H19N3O3. The minimum absolute atomic E-state index is 0.217. The van der Waals surface area contributed by atoms with Crippen LogP contribution in [0.5, 0.6) is 0 Å². The molecule has 0 atom stereocenters. The van der Waals surface area contributed by atoms with Crippen LogP contribution in [0, 0.1) is 6.92 Å². The molecule has 2 aromatic heterocycles. The van der Waals surface area contributed by atoms with Crippen molar-refractivity contribution in [2.24, 2.45) is 0 Å². The highest BCUT2D eigenvalue weighted by molar-refractivity contribution is 5.91. The molecule has 22 heavy (non-hydrogen) atoms. The number of ether oxygens (including phenoxy) is 1. The number of anilines is 1. The zero-order chi connectivity index (χ0) is 15.4. The number of amides is 1. The lowest BCUT2D eigenvalue weighted by Gasteiger charge is -2.27. The molecule has 2 aromatic rings. The summed E-state index contributed by atoms with van der Waals surface area (Å²) in [5.74, 6) is 1.78. The summed E-state index contributed by atoms with van der Waals surface area (Å²) < 4.78 is 10.6. The Morgan fingerprint density at radius 1 is 1.27 bits per heavy atom. The molecular weight excluding hydrogens is 282 g/mol. The minimum Gasteiger partial charge on any atom is -0.456 e. The van der Waals surface area contributed by atoms with Crippen LogP contribution in [0.2, 0.25) is 0 Å². The van der Waals surface area contributed by atoms with E-state index in [0.29, 0.717) is 12.3 Å². The predicted molar refractivity (Wildman–Crippen MR) is 81.9 cm³/mol. The second-order valence-electron chi connectivity index (χ2n) is 5.22. The fraction of sp³-hybridized carbons (Fsp3) is 0.375. The molecule has 1 fully saturated rings. The van der Waals surface area contributed by atoms with E-state index in [1.54, 1.807) is 18.3 Å². The molecule has 3 rings (SSSR count). The van der Waals surface area contributed by atoms with Gasteiger partial charge in [-0.1, -0.05) is 6.07 Å². The fourth-order valence-corrected chi connectivity index (χ4v) is 2.33. The number of hydrogen-bond acceptors (Lipinski definition) is 5. The maximum atomic E-state index is 11.9. The van der Waals surface area contributed by atoms with E-state index < -0.39 is 0 Å². The van der Waals surface area contributed by atoms with Gasteiger partial charge in [0.2, 0.25) is 0 Å². The van der Waals surface area contributed by atoms with Gasteiger partial charge >= 0.3 is 0 Å². The van der Waals surface area contributed by atoms with E-state index in [1.807, 2.05) is 19.1 Å². The summed E-state index contributed by atoms with van der Waals surface area (Å²) in [4.78, 5) is 18.5. The minimum atomic E-state index is -0.217. The number of rotatable bonds is 4. The van der Waals surface area contributed by atoms with Gasteiger partial charge in [0.05, 0.1) is 13.2 Å². The first kappa shape index (κ1) is 14.6. The summed E-state index contributed by atoms with van der Waals surface area (Å²) in [7, 11) is 0. The molecule has 0 aliphatic carbocycles. The second kappa shape index (κ2) is 6.62. The van der Waals surface area contributed by atoms with Crippen LogP contribution in [0.15, 0.2) is 34.9 Å². The summed E-state index contributed by atoms with van der Waals surface area (Å²) in [6.45, 7) is 5.44. The first-order valence-corrected chi connectivity index (χ1v) is 7.34. The fourth-order valence-electron chi connectivity index (χ4n) is 2.33. The van der Waals surface area contributed by atoms with Crippen molar-refractivity contribution in [1.82, 2.24) is 10.3 Å². The monoisotopic (exact) mass is 301 g/mol. The van der Waals surface area contributed by atoms with Crippen molar-refractivity contribution in [3.8, 4) is 0 Å². The van der Waals surface area contributed by atoms with Crippen LogP contribution in [0.4, 0.5) is 5.82 Å². The lowest BCUT2D eigenvalue weighted by molar-refractivity contribution is 0.0922. The largest absolute Gasteiger partial charge is 0.456 e. The quantitative estimate of drug-likeness (QED) is 0.932. The van der Waals surface area contributed by atoms with Crippen molar-refractivity contribution in [2.45, 2.75) is 13.5 Å². The Morgan fingerprint density at radius 3 is 2.73 bits per heavy atom. The lowest BCUT2D eigenvalue weighted by Crippen LogP contribution is -2.36. The van der Waals surface area contributed by atoms with E-state index in [-0.39, 0.29) is 5.91 Å². The second-order valence-corrected chi connectivity index (χ2v) is 5.22. The number of nitrogens with one attached hydrogen (secondary N) is 1. The van der Waals surface area contributed by atoms with Gasteiger partial charge in [0.15, 0.2) is 5.76 Å². The van der Waals surface area contributed by atoms with Gasteiger partial charge in [-0.15, -0.1) is 0 Å². The van der Waals surface area contributed by atoms with Gasteiger partial charge in [-0.2, -0.15) is 0 Å². The first-order valence-electron chi connectivity index (χ1n) is 7.34. The molecule has 0 unspecified atom stereocenters. The lowest BCUT2D eigenvalue weighted by atomic mass is 10.2. The van der Waals surface area contributed by atoms with Crippen LogP contribution in [-0.2, 0) is 11.3 Å². The van der Waals surface area contributed by atoms with Gasteiger partial charge in [-0.25, -0.2) is 4.98 Å². The third kappa shape index (κ3) is 3.46. The molecule has 0 saturated carbocycles. The van der Waals surface area contributed by atoms with Crippen LogP contribution in [0.1, 0.15) is 21.9 Å². The van der Waals surface area contributed by atoms with Gasteiger partial charge in [0, 0.05) is 25.8 Å². The van der Waals surface area contributed by atoms with E-state index >= 15 is 0 Å². The number of nitrogens with zero attached hydrogens (tertiary/aromatic N) is 2. The Hall–Kier alpha value is -2.34. The van der Waals surface area contributed by atoms with Crippen molar-refractivity contribution in [3.05, 3.63) is 47.5 Å². The van der Waals surface area contributed by atoms with Crippen LogP contribution in [0.3, 0.4) is 0 Å². The smallest absolute Gasteiger partial charge is 0.287 e. The SMILES string of the molecule is Cc1ccc(C(=O)NCc2ccc(N3CCOCC3)nc2)o1. The molecule has 1 saturated heterocycles. The number of morpholine rings is 1. The molecule has 0 spiro atoms. The topological polar surface area (TPSA) is 67.6 Å². The molecule has 116 valence electrons. The number of pyridine rings is 1.